The van der Waals surface area contributed by atoms with E-state index in [0.717, 1.165) is 12.3 Å². The molecule has 18 heavy (non-hydrogen) atoms. The Morgan fingerprint density at radius 1 is 0.778 bits per heavy atom. The number of hydrogen-bond donors (Lipinski definition) is 0. The zero-order valence-corrected chi connectivity index (χ0v) is 11.9. The fourth-order valence-electron chi connectivity index (χ4n) is 2.23. The zero-order valence-electron chi connectivity index (χ0n) is 11.9. The summed E-state index contributed by atoms with van der Waals surface area (Å²) < 4.78 is 0. The maximum absolute atomic E-state index is 3.88. The molecule has 0 N–H and O–H groups in total. The van der Waals surface area contributed by atoms with Crippen LogP contribution in [0.4, 0.5) is 0 Å². The van der Waals surface area contributed by atoms with Crippen LogP contribution in [0.15, 0.2) is 50.1 Å². The lowest BCUT2D eigenvalue weighted by Crippen LogP contribution is -1.99. The van der Waals surface area contributed by atoms with E-state index in [9.17, 15) is 0 Å². The van der Waals surface area contributed by atoms with E-state index in [1.807, 2.05) is 18.2 Å². The summed E-state index contributed by atoms with van der Waals surface area (Å²) in [6, 6.07) is 0. The van der Waals surface area contributed by atoms with E-state index in [-0.39, 0.29) is 0 Å². The first kappa shape index (κ1) is 17.0. The topological polar surface area (TPSA) is 0 Å². The monoisotopic (exact) mass is 246 g/mol. The van der Waals surface area contributed by atoms with Crippen molar-refractivity contribution < 1.29 is 0 Å². The molecule has 0 amide bonds. The molecule has 0 aliphatic heterocycles. The zero-order chi connectivity index (χ0) is 13.5. The third kappa shape index (κ3) is 11.4. The fraction of sp³-hybridized carbons (Fsp3) is 0.556. The summed E-state index contributed by atoms with van der Waals surface area (Å²) >= 11 is 0. The van der Waals surface area contributed by atoms with Gasteiger partial charge in [-0.05, 0) is 38.0 Å². The quantitative estimate of drug-likeness (QED) is 0.205. The summed E-state index contributed by atoms with van der Waals surface area (Å²) in [7, 11) is 0. The van der Waals surface area contributed by atoms with Crippen LogP contribution in [0.25, 0.3) is 0 Å². The van der Waals surface area contributed by atoms with Gasteiger partial charge in [0.15, 0.2) is 0 Å². The SMILES string of the molecule is C=CC=CCCCCC(CC=C)CCCCC=C. The Balaban J connectivity index is 3.61. The Morgan fingerprint density at radius 3 is 2.00 bits per heavy atom. The second kappa shape index (κ2) is 14.0. The van der Waals surface area contributed by atoms with Gasteiger partial charge in [0.25, 0.3) is 0 Å². The van der Waals surface area contributed by atoms with Crippen molar-refractivity contribution >= 4 is 0 Å². The predicted octanol–water partition coefficient (Wildman–Crippen LogP) is 6.23. The van der Waals surface area contributed by atoms with E-state index in [1.54, 1.807) is 0 Å². The Labute approximate surface area is 114 Å². The molecule has 0 bridgehead atoms. The lowest BCUT2D eigenvalue weighted by molar-refractivity contribution is 0.418. The standard InChI is InChI=1S/C18H30/c1-4-7-9-11-12-14-17-18(15-6-3)16-13-10-8-5-2/h4-7,9,18H,1-3,8,10-17H2. The molecule has 0 aromatic heterocycles. The van der Waals surface area contributed by atoms with Crippen LogP contribution in [0.2, 0.25) is 0 Å². The highest BCUT2D eigenvalue weighted by molar-refractivity contribution is 4.96. The molecule has 102 valence electrons. The minimum Gasteiger partial charge on any atom is -0.103 e. The van der Waals surface area contributed by atoms with E-state index in [2.05, 4.69) is 31.9 Å². The predicted molar refractivity (Wildman–Crippen MR) is 84.8 cm³/mol. The maximum Gasteiger partial charge on any atom is -0.0325 e. The third-order valence-corrected chi connectivity index (χ3v) is 3.28. The summed E-state index contributed by atoms with van der Waals surface area (Å²) in [6.45, 7) is 11.3. The van der Waals surface area contributed by atoms with Crippen LogP contribution in [-0.4, -0.2) is 0 Å². The Bertz CT molecular complexity index is 234. The van der Waals surface area contributed by atoms with Crippen LogP contribution in [-0.2, 0) is 0 Å². The average molecular weight is 246 g/mol. The van der Waals surface area contributed by atoms with E-state index >= 15 is 0 Å². The molecule has 0 aliphatic carbocycles. The highest BCUT2D eigenvalue weighted by atomic mass is 14.1. The molecular formula is C18H30. The summed E-state index contributed by atoms with van der Waals surface area (Å²) in [6.07, 6.45) is 21.7. The van der Waals surface area contributed by atoms with E-state index in [0.29, 0.717) is 0 Å². The molecule has 0 fully saturated rings. The van der Waals surface area contributed by atoms with Crippen molar-refractivity contribution in [3.8, 4) is 0 Å². The number of allylic oxidation sites excluding steroid dienone is 5. The first-order valence-electron chi connectivity index (χ1n) is 7.34. The van der Waals surface area contributed by atoms with E-state index in [4.69, 9.17) is 0 Å². The molecule has 0 aromatic rings. The van der Waals surface area contributed by atoms with Crippen molar-refractivity contribution in [1.82, 2.24) is 0 Å². The van der Waals surface area contributed by atoms with Gasteiger partial charge in [-0.2, -0.15) is 0 Å². The second-order valence-electron chi connectivity index (χ2n) is 4.91. The van der Waals surface area contributed by atoms with Gasteiger partial charge in [-0.1, -0.05) is 62.6 Å². The lowest BCUT2D eigenvalue weighted by atomic mass is 9.92. The molecule has 1 atom stereocenters. The van der Waals surface area contributed by atoms with Crippen LogP contribution < -0.4 is 0 Å². The molecule has 0 spiro atoms. The van der Waals surface area contributed by atoms with Gasteiger partial charge >= 0.3 is 0 Å². The third-order valence-electron chi connectivity index (χ3n) is 3.28. The highest BCUT2D eigenvalue weighted by Gasteiger charge is 2.05. The van der Waals surface area contributed by atoms with Crippen molar-refractivity contribution in [2.45, 2.75) is 57.8 Å². The lowest BCUT2D eigenvalue weighted by Gasteiger charge is -2.14. The molecule has 0 heterocycles. The minimum absolute atomic E-state index is 0.843. The largest absolute Gasteiger partial charge is 0.103 e. The van der Waals surface area contributed by atoms with Crippen LogP contribution in [0.5, 0.6) is 0 Å². The molecule has 0 radical (unpaired) electrons. The van der Waals surface area contributed by atoms with Gasteiger partial charge in [0.2, 0.25) is 0 Å². The van der Waals surface area contributed by atoms with Gasteiger partial charge in [0, 0.05) is 0 Å². The molecule has 0 nitrogen and oxygen atoms in total. The van der Waals surface area contributed by atoms with Crippen LogP contribution in [0, 0.1) is 5.92 Å². The summed E-state index contributed by atoms with van der Waals surface area (Å²) in [5, 5.41) is 0. The summed E-state index contributed by atoms with van der Waals surface area (Å²) in [5.41, 5.74) is 0. The van der Waals surface area contributed by atoms with Crippen molar-refractivity contribution in [2.24, 2.45) is 5.92 Å². The molecule has 0 aliphatic rings. The highest BCUT2D eigenvalue weighted by Crippen LogP contribution is 2.21. The Morgan fingerprint density at radius 2 is 1.44 bits per heavy atom. The smallest absolute Gasteiger partial charge is 0.0325 e. The number of hydrogen-bond acceptors (Lipinski definition) is 0. The van der Waals surface area contributed by atoms with Crippen molar-refractivity contribution in [3.05, 3.63) is 50.1 Å². The van der Waals surface area contributed by atoms with Crippen molar-refractivity contribution in [2.75, 3.05) is 0 Å². The maximum atomic E-state index is 3.88. The molecule has 0 saturated carbocycles. The van der Waals surface area contributed by atoms with Gasteiger partial charge in [-0.25, -0.2) is 0 Å². The number of rotatable bonds is 13. The van der Waals surface area contributed by atoms with Gasteiger partial charge in [-0.15, -0.1) is 13.2 Å². The number of unbranched alkanes of at least 4 members (excludes halogenated alkanes) is 4. The van der Waals surface area contributed by atoms with Crippen LogP contribution >= 0.6 is 0 Å². The molecular weight excluding hydrogens is 216 g/mol. The average Bonchev–Trinajstić information content (AvgIpc) is 2.38. The minimum atomic E-state index is 0.843. The Hall–Kier alpha value is -1.04. The van der Waals surface area contributed by atoms with Crippen molar-refractivity contribution in [1.29, 1.82) is 0 Å². The molecule has 0 rings (SSSR count). The normalized spacial score (nSPS) is 12.4. The van der Waals surface area contributed by atoms with Crippen molar-refractivity contribution in [3.63, 3.8) is 0 Å². The fourth-order valence-corrected chi connectivity index (χ4v) is 2.23. The first-order valence-corrected chi connectivity index (χ1v) is 7.34. The van der Waals surface area contributed by atoms with E-state index in [1.165, 1.54) is 51.4 Å². The molecule has 0 aromatic carbocycles. The summed E-state index contributed by atoms with van der Waals surface area (Å²) in [4.78, 5) is 0. The molecule has 1 unspecified atom stereocenters. The van der Waals surface area contributed by atoms with Crippen LogP contribution in [0.3, 0.4) is 0 Å². The van der Waals surface area contributed by atoms with Crippen LogP contribution in [0.1, 0.15) is 57.8 Å². The molecule has 0 saturated heterocycles. The van der Waals surface area contributed by atoms with E-state index < -0.39 is 0 Å². The summed E-state index contributed by atoms with van der Waals surface area (Å²) in [5.74, 6) is 0.843. The molecule has 0 heteroatoms. The first-order chi connectivity index (χ1) is 8.85. The van der Waals surface area contributed by atoms with Gasteiger partial charge < -0.3 is 0 Å². The Kier molecular flexibility index (Phi) is 13.2. The van der Waals surface area contributed by atoms with Gasteiger partial charge in [0.1, 0.15) is 0 Å². The van der Waals surface area contributed by atoms with Gasteiger partial charge in [-0.3, -0.25) is 0 Å². The second-order valence-corrected chi connectivity index (χ2v) is 4.91. The van der Waals surface area contributed by atoms with Gasteiger partial charge in [0.05, 0.1) is 0 Å².